The second kappa shape index (κ2) is 15.1. The number of benzene rings is 9. The predicted molar refractivity (Wildman–Crippen MR) is 250 cm³/mol. The fraction of sp³-hybridized carbons (Fsp3) is 0. The fourth-order valence-electron chi connectivity index (χ4n) is 8.40. The van der Waals surface area contributed by atoms with Crippen molar-refractivity contribution < 1.29 is 0 Å². The van der Waals surface area contributed by atoms with E-state index in [9.17, 15) is 0 Å². The van der Waals surface area contributed by atoms with Crippen molar-refractivity contribution in [3.05, 3.63) is 224 Å². The van der Waals surface area contributed by atoms with Crippen LogP contribution in [0.1, 0.15) is 0 Å². The van der Waals surface area contributed by atoms with Gasteiger partial charge in [0.2, 0.25) is 0 Å². The molecule has 0 amide bonds. The number of rotatable bonds is 7. The van der Waals surface area contributed by atoms with Gasteiger partial charge in [-0.3, -0.25) is 0 Å². The summed E-state index contributed by atoms with van der Waals surface area (Å²) in [5.41, 5.74) is 14.8. The smallest absolute Gasteiger partial charge is 0.160 e. The van der Waals surface area contributed by atoms with Gasteiger partial charge in [-0.1, -0.05) is 206 Å². The molecular weight excluding hydrogens is 727 g/mol. The second-order valence-electron chi connectivity index (χ2n) is 15.2. The minimum atomic E-state index is 0.689. The Morgan fingerprint density at radius 3 is 1.35 bits per heavy atom. The van der Waals surface area contributed by atoms with Gasteiger partial charge in [-0.25, -0.2) is 15.0 Å². The molecule has 280 valence electrons. The number of aromatic nitrogens is 3. The van der Waals surface area contributed by atoms with Gasteiger partial charge in [0.05, 0.1) is 22.6 Å². The summed E-state index contributed by atoms with van der Waals surface area (Å²) in [5.74, 6) is 0.689. The minimum Gasteiger partial charge on any atom is -0.247 e. The van der Waals surface area contributed by atoms with Crippen LogP contribution in [0, 0.1) is 0 Å². The molecule has 0 spiro atoms. The molecule has 0 bridgehead atoms. The van der Waals surface area contributed by atoms with Gasteiger partial charge in [0, 0.05) is 38.4 Å². The van der Waals surface area contributed by atoms with Crippen molar-refractivity contribution in [3.63, 3.8) is 0 Å². The Bertz CT molecular complexity index is 3200. The van der Waals surface area contributed by atoms with Gasteiger partial charge in [0.15, 0.2) is 5.82 Å². The molecular formula is C57H37N3. The highest BCUT2D eigenvalue weighted by Gasteiger charge is 2.15. The van der Waals surface area contributed by atoms with Gasteiger partial charge >= 0.3 is 0 Å². The standard InChI is InChI=1S/C57H37N3/c1-3-12-38(13-4-1)40-22-28-44(29-23-40)53-37-54(60-57(59-53)46-32-26-41(27-33-46)39-14-5-2-6-15-39)45-30-24-42(25-31-45)47-17-11-18-48(36-47)56-51-35-34-43-16-7-8-19-49(43)55(51)50-20-9-10-21-52(50)58-56/h1-37H. The lowest BCUT2D eigenvalue weighted by molar-refractivity contribution is 1.18. The van der Waals surface area contributed by atoms with Crippen LogP contribution in [0.5, 0.6) is 0 Å². The van der Waals surface area contributed by atoms with E-state index in [2.05, 4.69) is 212 Å². The van der Waals surface area contributed by atoms with Crippen LogP contribution < -0.4 is 0 Å². The maximum Gasteiger partial charge on any atom is 0.160 e. The summed E-state index contributed by atoms with van der Waals surface area (Å²) < 4.78 is 0. The number of nitrogens with zero attached hydrogens (tertiary/aromatic N) is 3. The first-order valence-electron chi connectivity index (χ1n) is 20.3. The van der Waals surface area contributed by atoms with Crippen LogP contribution in [0.3, 0.4) is 0 Å². The molecule has 0 aliphatic rings. The molecule has 9 aromatic carbocycles. The monoisotopic (exact) mass is 763 g/mol. The zero-order chi connectivity index (χ0) is 39.8. The van der Waals surface area contributed by atoms with Crippen LogP contribution in [0.4, 0.5) is 0 Å². The van der Waals surface area contributed by atoms with Crippen LogP contribution in [0.25, 0.3) is 111 Å². The van der Waals surface area contributed by atoms with E-state index in [-0.39, 0.29) is 0 Å². The van der Waals surface area contributed by atoms with E-state index < -0.39 is 0 Å². The van der Waals surface area contributed by atoms with Gasteiger partial charge in [-0.2, -0.15) is 0 Å². The Hall–Kier alpha value is -8.01. The summed E-state index contributed by atoms with van der Waals surface area (Å²) >= 11 is 0. The molecule has 0 saturated carbocycles. The van der Waals surface area contributed by atoms with Crippen LogP contribution in [-0.2, 0) is 0 Å². The van der Waals surface area contributed by atoms with E-state index in [0.717, 1.165) is 66.9 Å². The largest absolute Gasteiger partial charge is 0.247 e. The zero-order valence-electron chi connectivity index (χ0n) is 32.7. The molecule has 3 heteroatoms. The third-order valence-electron chi connectivity index (χ3n) is 11.5. The van der Waals surface area contributed by atoms with Gasteiger partial charge in [0.25, 0.3) is 0 Å². The van der Waals surface area contributed by atoms with Gasteiger partial charge < -0.3 is 0 Å². The normalized spacial score (nSPS) is 11.3. The van der Waals surface area contributed by atoms with Crippen molar-refractivity contribution in [2.24, 2.45) is 0 Å². The van der Waals surface area contributed by atoms with Crippen LogP contribution in [0.2, 0.25) is 0 Å². The molecule has 2 aromatic heterocycles. The van der Waals surface area contributed by atoms with Crippen LogP contribution in [-0.4, -0.2) is 15.0 Å². The molecule has 0 aliphatic carbocycles. The van der Waals surface area contributed by atoms with Crippen LogP contribution >= 0.6 is 0 Å². The second-order valence-corrected chi connectivity index (χ2v) is 15.2. The molecule has 0 unspecified atom stereocenters. The molecule has 0 aliphatic heterocycles. The molecule has 60 heavy (non-hydrogen) atoms. The van der Waals surface area contributed by atoms with Gasteiger partial charge in [-0.15, -0.1) is 0 Å². The number of hydrogen-bond donors (Lipinski definition) is 0. The van der Waals surface area contributed by atoms with E-state index in [1.165, 1.54) is 38.2 Å². The minimum absolute atomic E-state index is 0.689. The lowest BCUT2D eigenvalue weighted by Crippen LogP contribution is -1.96. The molecule has 3 nitrogen and oxygen atoms in total. The van der Waals surface area contributed by atoms with Gasteiger partial charge in [-0.05, 0) is 62.4 Å². The highest BCUT2D eigenvalue weighted by Crippen LogP contribution is 2.38. The Morgan fingerprint density at radius 2 is 0.717 bits per heavy atom. The van der Waals surface area contributed by atoms with E-state index in [1.54, 1.807) is 0 Å². The van der Waals surface area contributed by atoms with Crippen molar-refractivity contribution >= 4 is 32.4 Å². The van der Waals surface area contributed by atoms with E-state index >= 15 is 0 Å². The first-order chi connectivity index (χ1) is 29.7. The Labute approximate surface area is 349 Å². The molecule has 2 heterocycles. The number of fused-ring (bicyclic) bond motifs is 5. The summed E-state index contributed by atoms with van der Waals surface area (Å²) in [6.07, 6.45) is 0. The fourth-order valence-corrected chi connectivity index (χ4v) is 8.40. The predicted octanol–water partition coefficient (Wildman–Crippen LogP) is 15.0. The van der Waals surface area contributed by atoms with E-state index in [4.69, 9.17) is 15.0 Å². The van der Waals surface area contributed by atoms with Gasteiger partial charge in [0.1, 0.15) is 0 Å². The quantitative estimate of drug-likeness (QED) is 0.152. The molecule has 0 fully saturated rings. The summed E-state index contributed by atoms with van der Waals surface area (Å²) in [7, 11) is 0. The van der Waals surface area contributed by atoms with Crippen molar-refractivity contribution in [1.29, 1.82) is 0 Å². The van der Waals surface area contributed by atoms with E-state index in [1.807, 2.05) is 12.1 Å². The lowest BCUT2D eigenvalue weighted by atomic mass is 9.94. The Morgan fingerprint density at radius 1 is 0.250 bits per heavy atom. The summed E-state index contributed by atoms with van der Waals surface area (Å²) in [6.45, 7) is 0. The summed E-state index contributed by atoms with van der Waals surface area (Å²) in [6, 6.07) is 79.2. The topological polar surface area (TPSA) is 38.7 Å². The highest BCUT2D eigenvalue weighted by atomic mass is 14.9. The van der Waals surface area contributed by atoms with Crippen LogP contribution in [0.15, 0.2) is 224 Å². The number of para-hydroxylation sites is 1. The molecule has 0 N–H and O–H groups in total. The molecule has 0 atom stereocenters. The maximum atomic E-state index is 5.26. The van der Waals surface area contributed by atoms with Crippen molar-refractivity contribution in [2.75, 3.05) is 0 Å². The zero-order valence-corrected chi connectivity index (χ0v) is 32.7. The third kappa shape index (κ3) is 6.58. The van der Waals surface area contributed by atoms with E-state index in [0.29, 0.717) is 5.82 Å². The average Bonchev–Trinajstić information content (AvgIpc) is 3.34. The molecule has 0 radical (unpaired) electrons. The Balaban J connectivity index is 0.969. The van der Waals surface area contributed by atoms with Crippen molar-refractivity contribution in [2.45, 2.75) is 0 Å². The average molecular weight is 764 g/mol. The third-order valence-corrected chi connectivity index (χ3v) is 11.5. The number of pyridine rings is 1. The molecule has 11 aromatic rings. The maximum absolute atomic E-state index is 5.26. The first kappa shape index (κ1) is 35.2. The Kier molecular flexibility index (Phi) is 8.83. The molecule has 0 saturated heterocycles. The first-order valence-corrected chi connectivity index (χ1v) is 20.3. The van der Waals surface area contributed by atoms with Crippen molar-refractivity contribution in [3.8, 4) is 78.5 Å². The SMILES string of the molecule is c1ccc(-c2ccc(-c3cc(-c4ccc(-c5cccc(-c6nc7ccccc7c7c6ccc6ccccc67)c5)cc4)nc(-c4ccc(-c5ccccc5)cc4)n3)cc2)cc1. The lowest BCUT2D eigenvalue weighted by Gasteiger charge is -2.14. The summed E-state index contributed by atoms with van der Waals surface area (Å²) in [4.78, 5) is 15.6. The highest BCUT2D eigenvalue weighted by molar-refractivity contribution is 6.22. The molecule has 11 rings (SSSR count). The number of hydrogen-bond acceptors (Lipinski definition) is 3. The van der Waals surface area contributed by atoms with Crippen molar-refractivity contribution in [1.82, 2.24) is 15.0 Å². The summed E-state index contributed by atoms with van der Waals surface area (Å²) in [5, 5.41) is 6.03.